The topological polar surface area (TPSA) is 190 Å². The average molecular weight is 595 g/mol. The van der Waals surface area contributed by atoms with Gasteiger partial charge < -0.3 is 41.2 Å². The minimum Gasteiger partial charge on any atom is -0.445 e. The predicted molar refractivity (Wildman–Crippen MR) is 156 cm³/mol. The van der Waals surface area contributed by atoms with Gasteiger partial charge in [0, 0.05) is 39.1 Å². The highest BCUT2D eigenvalue weighted by atomic mass is 16.6. The highest BCUT2D eigenvalue weighted by molar-refractivity contribution is 5.81. The largest absolute Gasteiger partial charge is 0.445 e. The number of alkyl carbamates (subject to hydrolysis) is 2. The molecule has 0 fully saturated rings. The molecule has 1 aromatic rings. The van der Waals surface area contributed by atoms with Crippen molar-refractivity contribution in [1.29, 1.82) is 0 Å². The molecular formula is C28H46N6O8. The van der Waals surface area contributed by atoms with Gasteiger partial charge >= 0.3 is 18.3 Å². The van der Waals surface area contributed by atoms with E-state index in [0.717, 1.165) is 5.56 Å². The summed E-state index contributed by atoms with van der Waals surface area (Å²) in [5, 5.41) is 10.4. The van der Waals surface area contributed by atoms with E-state index in [1.807, 2.05) is 30.3 Å². The van der Waals surface area contributed by atoms with E-state index in [9.17, 15) is 24.0 Å². The Labute approximate surface area is 247 Å². The van der Waals surface area contributed by atoms with Crippen molar-refractivity contribution in [2.45, 2.75) is 65.3 Å². The summed E-state index contributed by atoms with van der Waals surface area (Å²) < 4.78 is 15.6. The Morgan fingerprint density at radius 2 is 1.17 bits per heavy atom. The quantitative estimate of drug-likeness (QED) is 0.147. The van der Waals surface area contributed by atoms with Crippen molar-refractivity contribution >= 4 is 30.1 Å². The van der Waals surface area contributed by atoms with E-state index in [1.165, 1.54) is 4.90 Å². The van der Waals surface area contributed by atoms with Crippen molar-refractivity contribution in [3.63, 3.8) is 0 Å². The summed E-state index contributed by atoms with van der Waals surface area (Å²) in [4.78, 5) is 62.1. The maximum absolute atomic E-state index is 12.7. The molecule has 1 aromatic carbocycles. The van der Waals surface area contributed by atoms with Crippen LogP contribution in [0, 0.1) is 0 Å². The predicted octanol–water partition coefficient (Wildman–Crippen LogP) is 1.28. The van der Waals surface area contributed by atoms with E-state index in [4.69, 9.17) is 19.9 Å². The maximum Gasteiger partial charge on any atom is 0.407 e. The summed E-state index contributed by atoms with van der Waals surface area (Å²) in [6.45, 7) is 10.6. The second-order valence-electron chi connectivity index (χ2n) is 11.5. The molecule has 0 saturated heterocycles. The van der Waals surface area contributed by atoms with Crippen molar-refractivity contribution in [2.24, 2.45) is 5.73 Å². The number of hydrogen-bond donors (Lipinski definition) is 5. The van der Waals surface area contributed by atoms with Crippen LogP contribution in [-0.4, -0.2) is 98.1 Å². The normalized spacial score (nSPS) is 12.1. The number of carbonyl (C=O) groups excluding carboxylic acids is 5. The highest BCUT2D eigenvalue weighted by Crippen LogP contribution is 2.09. The maximum atomic E-state index is 12.7. The molecule has 0 aromatic heterocycles. The van der Waals surface area contributed by atoms with Crippen LogP contribution in [0.2, 0.25) is 0 Å². The van der Waals surface area contributed by atoms with E-state index in [0.29, 0.717) is 6.42 Å². The van der Waals surface area contributed by atoms with E-state index in [2.05, 4.69) is 21.3 Å². The molecule has 1 unspecified atom stereocenters. The van der Waals surface area contributed by atoms with Gasteiger partial charge in [-0.25, -0.2) is 14.4 Å². The molecule has 1 rings (SSSR count). The molecule has 0 saturated carbocycles. The zero-order valence-corrected chi connectivity index (χ0v) is 25.4. The third-order valence-electron chi connectivity index (χ3n) is 5.02. The number of carbonyl (C=O) groups is 5. The Kier molecular flexibility index (Phi) is 15.1. The molecule has 0 spiro atoms. The fourth-order valence-corrected chi connectivity index (χ4v) is 3.54. The lowest BCUT2D eigenvalue weighted by atomic mass is 10.1. The first-order chi connectivity index (χ1) is 19.5. The highest BCUT2D eigenvalue weighted by Gasteiger charge is 2.23. The van der Waals surface area contributed by atoms with Gasteiger partial charge in [-0.05, 0) is 47.1 Å². The molecule has 14 nitrogen and oxygen atoms in total. The van der Waals surface area contributed by atoms with Gasteiger partial charge in [0.1, 0.15) is 17.3 Å². The van der Waals surface area contributed by atoms with E-state index in [-0.39, 0.29) is 45.8 Å². The molecule has 0 radical (unpaired) electrons. The number of rotatable bonds is 15. The molecule has 0 heterocycles. The van der Waals surface area contributed by atoms with Crippen LogP contribution >= 0.6 is 0 Å². The Morgan fingerprint density at radius 3 is 1.57 bits per heavy atom. The summed E-state index contributed by atoms with van der Waals surface area (Å²) in [5.74, 6) is -0.837. The van der Waals surface area contributed by atoms with Crippen LogP contribution < -0.4 is 27.0 Å². The lowest BCUT2D eigenvalue weighted by Crippen LogP contribution is -2.48. The Bertz CT molecular complexity index is 973. The Balaban J connectivity index is 2.75. The summed E-state index contributed by atoms with van der Waals surface area (Å²) in [7, 11) is 0. The monoisotopic (exact) mass is 594 g/mol. The molecule has 0 bridgehead atoms. The average Bonchev–Trinajstić information content (AvgIpc) is 2.82. The Morgan fingerprint density at radius 1 is 0.738 bits per heavy atom. The molecule has 0 aliphatic rings. The number of hydrogen-bond acceptors (Lipinski definition) is 9. The van der Waals surface area contributed by atoms with Gasteiger partial charge in [-0.1, -0.05) is 30.3 Å². The third kappa shape index (κ3) is 19.1. The second-order valence-corrected chi connectivity index (χ2v) is 11.5. The lowest BCUT2D eigenvalue weighted by Gasteiger charge is -2.26. The zero-order valence-electron chi connectivity index (χ0n) is 25.4. The minimum absolute atomic E-state index is 0.0327. The van der Waals surface area contributed by atoms with Gasteiger partial charge in [0.05, 0.1) is 13.1 Å². The van der Waals surface area contributed by atoms with Crippen LogP contribution in [0.1, 0.15) is 47.1 Å². The van der Waals surface area contributed by atoms with Crippen molar-refractivity contribution in [1.82, 2.24) is 26.2 Å². The second kappa shape index (κ2) is 17.7. The first kappa shape index (κ1) is 36.0. The van der Waals surface area contributed by atoms with Crippen molar-refractivity contribution in [2.75, 3.05) is 45.8 Å². The molecule has 1 atom stereocenters. The number of nitrogens with two attached hydrogens (primary N) is 1. The first-order valence-electron chi connectivity index (χ1n) is 13.7. The van der Waals surface area contributed by atoms with Gasteiger partial charge in [-0.2, -0.15) is 0 Å². The molecular weight excluding hydrogens is 548 g/mol. The zero-order chi connectivity index (χ0) is 31.8. The lowest BCUT2D eigenvalue weighted by molar-refractivity contribution is -0.125. The van der Waals surface area contributed by atoms with Gasteiger partial charge in [0.15, 0.2) is 0 Å². The fourth-order valence-electron chi connectivity index (χ4n) is 3.54. The standard InChI is InChI=1S/C28H46N6O8/c1-27(2,3)41-25(38)32-14-12-30-22(35)18-34(17-21(40-24(29)37)16-20-10-8-7-9-11-20)19-23(36)31-13-15-33-26(39)42-28(4,5)6/h7-11,21H,12-19H2,1-6H3,(H2,29,37)(H,30,35)(H,31,36)(H,32,38)(H,33,39). The minimum atomic E-state index is -0.980. The van der Waals surface area contributed by atoms with Crippen LogP contribution in [-0.2, 0) is 30.2 Å². The molecule has 236 valence electrons. The smallest absolute Gasteiger partial charge is 0.407 e. The van der Waals surface area contributed by atoms with E-state index in [1.54, 1.807) is 41.5 Å². The summed E-state index contributed by atoms with van der Waals surface area (Å²) >= 11 is 0. The number of benzene rings is 1. The van der Waals surface area contributed by atoms with Crippen LogP contribution in [0.4, 0.5) is 14.4 Å². The van der Waals surface area contributed by atoms with E-state index >= 15 is 0 Å². The van der Waals surface area contributed by atoms with E-state index < -0.39 is 47.4 Å². The number of primary amides is 1. The van der Waals surface area contributed by atoms with Crippen molar-refractivity contribution in [3.05, 3.63) is 35.9 Å². The number of nitrogens with zero attached hydrogens (tertiary/aromatic N) is 1. The first-order valence-corrected chi connectivity index (χ1v) is 13.7. The molecule has 42 heavy (non-hydrogen) atoms. The third-order valence-corrected chi connectivity index (χ3v) is 5.02. The SMILES string of the molecule is CC(C)(C)OC(=O)NCCNC(=O)CN(CC(=O)NCCNC(=O)OC(C)(C)C)CC(Cc1ccccc1)OC(N)=O. The molecule has 14 heteroatoms. The van der Waals surface area contributed by atoms with Crippen molar-refractivity contribution in [3.8, 4) is 0 Å². The van der Waals surface area contributed by atoms with Gasteiger partial charge in [0.25, 0.3) is 0 Å². The van der Waals surface area contributed by atoms with Gasteiger partial charge in [0.2, 0.25) is 11.8 Å². The molecule has 5 amide bonds. The molecule has 0 aliphatic carbocycles. The Hall–Kier alpha value is -4.07. The molecule has 0 aliphatic heterocycles. The summed E-state index contributed by atoms with van der Waals surface area (Å²) in [6.07, 6.45) is -2.63. The van der Waals surface area contributed by atoms with Gasteiger partial charge in [-0.15, -0.1) is 0 Å². The fraction of sp³-hybridized carbons (Fsp3) is 0.607. The number of amides is 5. The summed E-state index contributed by atoms with van der Waals surface area (Å²) in [6, 6.07) is 9.24. The molecule has 6 N–H and O–H groups in total. The van der Waals surface area contributed by atoms with Crippen LogP contribution in [0.25, 0.3) is 0 Å². The van der Waals surface area contributed by atoms with Crippen LogP contribution in [0.15, 0.2) is 30.3 Å². The summed E-state index contributed by atoms with van der Waals surface area (Å²) in [5.41, 5.74) is 4.86. The number of ether oxygens (including phenoxy) is 3. The van der Waals surface area contributed by atoms with Gasteiger partial charge in [-0.3, -0.25) is 14.5 Å². The van der Waals surface area contributed by atoms with Crippen LogP contribution in [0.5, 0.6) is 0 Å². The number of nitrogens with one attached hydrogen (secondary N) is 4. The van der Waals surface area contributed by atoms with Crippen LogP contribution in [0.3, 0.4) is 0 Å². The van der Waals surface area contributed by atoms with Crippen molar-refractivity contribution < 1.29 is 38.2 Å².